The van der Waals surface area contributed by atoms with E-state index in [0.717, 1.165) is 5.69 Å². The van der Waals surface area contributed by atoms with Crippen LogP contribution in [0, 0.1) is 0 Å². The Morgan fingerprint density at radius 3 is 2.24 bits per heavy atom. The molecular weight excluding hydrogens is 270 g/mol. The van der Waals surface area contributed by atoms with E-state index in [9.17, 15) is 4.79 Å². The average molecular weight is 287 g/mol. The summed E-state index contributed by atoms with van der Waals surface area (Å²) >= 11 is 0. The lowest BCUT2D eigenvalue weighted by molar-refractivity contribution is -0.118. The number of aliphatic hydroxyl groups is 1. The second-order valence-corrected chi connectivity index (χ2v) is 4.22. The molecule has 0 saturated heterocycles. The molecule has 21 heavy (non-hydrogen) atoms. The fraction of sp³-hybridized carbons (Fsp3) is 0.188. The number of nitrogens with one attached hydrogen (secondary N) is 1. The highest BCUT2D eigenvalue weighted by atomic mass is 16.5. The van der Waals surface area contributed by atoms with Crippen molar-refractivity contribution in [1.29, 1.82) is 0 Å². The van der Waals surface area contributed by atoms with Gasteiger partial charge in [-0.1, -0.05) is 30.3 Å². The molecule has 0 atom stereocenters. The van der Waals surface area contributed by atoms with Crippen molar-refractivity contribution in [2.24, 2.45) is 0 Å². The van der Waals surface area contributed by atoms with Crippen molar-refractivity contribution in [3.63, 3.8) is 0 Å². The monoisotopic (exact) mass is 287 g/mol. The summed E-state index contributed by atoms with van der Waals surface area (Å²) in [5.41, 5.74) is 0.718. The van der Waals surface area contributed by atoms with Gasteiger partial charge < -0.3 is 19.9 Å². The molecule has 2 aromatic carbocycles. The van der Waals surface area contributed by atoms with Crippen LogP contribution in [0.1, 0.15) is 0 Å². The van der Waals surface area contributed by atoms with Gasteiger partial charge in [-0.25, -0.2) is 0 Å². The van der Waals surface area contributed by atoms with Gasteiger partial charge in [0.25, 0.3) is 5.91 Å². The summed E-state index contributed by atoms with van der Waals surface area (Å²) in [7, 11) is 0. The van der Waals surface area contributed by atoms with E-state index >= 15 is 0 Å². The van der Waals surface area contributed by atoms with Crippen LogP contribution in [0.4, 0.5) is 5.69 Å². The number of anilines is 1. The number of hydrogen-bond donors (Lipinski definition) is 2. The number of carbonyl (C=O) groups is 1. The van der Waals surface area contributed by atoms with Crippen LogP contribution in [0.15, 0.2) is 54.6 Å². The maximum absolute atomic E-state index is 11.8. The quantitative estimate of drug-likeness (QED) is 0.818. The number of hydrogen-bond acceptors (Lipinski definition) is 4. The third kappa shape index (κ3) is 4.81. The zero-order chi connectivity index (χ0) is 14.9. The van der Waals surface area contributed by atoms with Crippen LogP contribution in [0.25, 0.3) is 0 Å². The molecule has 0 aromatic heterocycles. The number of carbonyl (C=O) groups excluding carboxylic acids is 1. The van der Waals surface area contributed by atoms with Crippen molar-refractivity contribution >= 4 is 11.6 Å². The van der Waals surface area contributed by atoms with Crippen LogP contribution in [0.5, 0.6) is 11.5 Å². The lowest BCUT2D eigenvalue weighted by Gasteiger charge is -2.12. The average Bonchev–Trinajstić information content (AvgIpc) is 2.52. The van der Waals surface area contributed by atoms with E-state index in [0.29, 0.717) is 11.5 Å². The second kappa shape index (κ2) is 7.91. The maximum Gasteiger partial charge on any atom is 0.262 e. The predicted molar refractivity (Wildman–Crippen MR) is 79.6 cm³/mol. The summed E-state index contributed by atoms with van der Waals surface area (Å²) in [6.45, 7) is -0.0200. The minimum Gasteiger partial charge on any atom is -0.487 e. The number of rotatable bonds is 7. The van der Waals surface area contributed by atoms with E-state index in [-0.39, 0.29) is 25.7 Å². The Bertz CT molecular complexity index is 571. The van der Waals surface area contributed by atoms with Gasteiger partial charge in [0, 0.05) is 5.69 Å². The van der Waals surface area contributed by atoms with E-state index in [1.807, 2.05) is 18.2 Å². The number of benzene rings is 2. The molecule has 2 rings (SSSR count). The molecule has 0 aliphatic heterocycles. The van der Waals surface area contributed by atoms with Gasteiger partial charge in [0.15, 0.2) is 18.1 Å². The molecule has 1 amide bonds. The van der Waals surface area contributed by atoms with Gasteiger partial charge in [-0.15, -0.1) is 0 Å². The SMILES string of the molecule is O=C(COc1ccccc1OCCO)Nc1ccccc1. The summed E-state index contributed by atoms with van der Waals surface area (Å²) in [5, 5.41) is 11.5. The molecule has 0 saturated carbocycles. The third-order valence-corrected chi connectivity index (χ3v) is 2.61. The molecule has 0 aliphatic carbocycles. The molecule has 0 spiro atoms. The largest absolute Gasteiger partial charge is 0.487 e. The van der Waals surface area contributed by atoms with Crippen molar-refractivity contribution in [1.82, 2.24) is 0 Å². The second-order valence-electron chi connectivity index (χ2n) is 4.22. The van der Waals surface area contributed by atoms with Crippen molar-refractivity contribution in [2.45, 2.75) is 0 Å². The standard InChI is InChI=1S/C16H17NO4/c18-10-11-20-14-8-4-5-9-15(14)21-12-16(19)17-13-6-2-1-3-7-13/h1-9,18H,10-12H2,(H,17,19). The van der Waals surface area contributed by atoms with E-state index in [2.05, 4.69) is 5.32 Å². The summed E-state index contributed by atoms with van der Waals surface area (Å²) in [6.07, 6.45) is 0. The molecule has 2 N–H and O–H groups in total. The molecular formula is C16H17NO4. The van der Waals surface area contributed by atoms with Gasteiger partial charge in [-0.3, -0.25) is 4.79 Å². The Hall–Kier alpha value is -2.53. The Morgan fingerprint density at radius 1 is 0.952 bits per heavy atom. The van der Waals surface area contributed by atoms with Gasteiger partial charge in [-0.2, -0.15) is 0 Å². The fourth-order valence-corrected chi connectivity index (χ4v) is 1.71. The highest BCUT2D eigenvalue weighted by molar-refractivity contribution is 5.91. The van der Waals surface area contributed by atoms with E-state index in [1.54, 1.807) is 36.4 Å². The van der Waals surface area contributed by atoms with E-state index < -0.39 is 0 Å². The molecule has 2 aromatic rings. The first-order valence-corrected chi connectivity index (χ1v) is 6.60. The van der Waals surface area contributed by atoms with E-state index in [1.165, 1.54) is 0 Å². The van der Waals surface area contributed by atoms with Crippen molar-refractivity contribution < 1.29 is 19.4 Å². The van der Waals surface area contributed by atoms with Crippen LogP contribution in [-0.2, 0) is 4.79 Å². The van der Waals surface area contributed by atoms with Gasteiger partial charge in [0.1, 0.15) is 6.61 Å². The minimum absolute atomic E-state index is 0.0805. The fourth-order valence-electron chi connectivity index (χ4n) is 1.71. The zero-order valence-corrected chi connectivity index (χ0v) is 11.5. The molecule has 110 valence electrons. The molecule has 0 fully saturated rings. The van der Waals surface area contributed by atoms with Crippen LogP contribution in [0.2, 0.25) is 0 Å². The van der Waals surface area contributed by atoms with Crippen molar-refractivity contribution in [2.75, 3.05) is 25.1 Å². The first-order valence-electron chi connectivity index (χ1n) is 6.60. The molecule has 0 unspecified atom stereocenters. The molecule has 5 nitrogen and oxygen atoms in total. The number of ether oxygens (including phenoxy) is 2. The highest BCUT2D eigenvalue weighted by Gasteiger charge is 2.07. The van der Waals surface area contributed by atoms with Crippen LogP contribution in [0.3, 0.4) is 0 Å². The van der Waals surface area contributed by atoms with Crippen molar-refractivity contribution in [3.05, 3.63) is 54.6 Å². The van der Waals surface area contributed by atoms with Crippen LogP contribution in [-0.4, -0.2) is 30.8 Å². The first-order chi connectivity index (χ1) is 10.3. The molecule has 0 radical (unpaired) electrons. The normalized spacial score (nSPS) is 9.95. The summed E-state index contributed by atoms with van der Waals surface area (Å²) < 4.78 is 10.8. The maximum atomic E-state index is 11.8. The predicted octanol–water partition coefficient (Wildman–Crippen LogP) is 2.08. The number of para-hydroxylation sites is 3. The Morgan fingerprint density at radius 2 is 1.57 bits per heavy atom. The van der Waals surface area contributed by atoms with Crippen LogP contribution >= 0.6 is 0 Å². The Kier molecular flexibility index (Phi) is 5.60. The van der Waals surface area contributed by atoms with Crippen molar-refractivity contribution in [3.8, 4) is 11.5 Å². The number of aliphatic hydroxyl groups excluding tert-OH is 1. The zero-order valence-electron chi connectivity index (χ0n) is 11.5. The summed E-state index contributed by atoms with van der Waals surface area (Å²) in [6, 6.07) is 16.2. The molecule has 0 heterocycles. The smallest absolute Gasteiger partial charge is 0.262 e. The van der Waals surface area contributed by atoms with E-state index in [4.69, 9.17) is 14.6 Å². The van der Waals surface area contributed by atoms with Gasteiger partial charge in [-0.05, 0) is 24.3 Å². The minimum atomic E-state index is -0.252. The van der Waals surface area contributed by atoms with Gasteiger partial charge in [0.2, 0.25) is 0 Å². The molecule has 5 heteroatoms. The lowest BCUT2D eigenvalue weighted by Crippen LogP contribution is -2.20. The topological polar surface area (TPSA) is 67.8 Å². The number of amides is 1. The highest BCUT2D eigenvalue weighted by Crippen LogP contribution is 2.26. The lowest BCUT2D eigenvalue weighted by atomic mass is 10.3. The molecule has 0 aliphatic rings. The van der Waals surface area contributed by atoms with Gasteiger partial charge in [0.05, 0.1) is 6.61 Å². The van der Waals surface area contributed by atoms with Gasteiger partial charge >= 0.3 is 0 Å². The Balaban J connectivity index is 1.89. The third-order valence-electron chi connectivity index (χ3n) is 2.61. The molecule has 0 bridgehead atoms. The van der Waals surface area contributed by atoms with Crippen LogP contribution < -0.4 is 14.8 Å². The summed E-state index contributed by atoms with van der Waals surface area (Å²) in [4.78, 5) is 11.8. The first kappa shape index (κ1) is 14.9. The Labute approximate surface area is 123 Å². The summed E-state index contributed by atoms with van der Waals surface area (Å²) in [5.74, 6) is 0.714.